The van der Waals surface area contributed by atoms with E-state index in [-0.39, 0.29) is 11.4 Å². The molecule has 5 heteroatoms. The van der Waals surface area contributed by atoms with Gasteiger partial charge in [-0.25, -0.2) is 0 Å². The van der Waals surface area contributed by atoms with Crippen LogP contribution in [0, 0.1) is 11.3 Å². The molecule has 0 aliphatic rings. The Labute approximate surface area is 141 Å². The van der Waals surface area contributed by atoms with Crippen LogP contribution in [0.5, 0.6) is 5.75 Å². The number of methoxy groups -OCH3 is 1. The minimum absolute atomic E-state index is 0.0550. The number of ether oxygens (including phenoxy) is 1. The van der Waals surface area contributed by atoms with Crippen LogP contribution in [0.2, 0.25) is 5.02 Å². The highest BCUT2D eigenvalue weighted by molar-refractivity contribution is 9.10. The number of carbonyl (C=O) groups is 1. The lowest BCUT2D eigenvalue weighted by molar-refractivity contribution is 0.104. The number of nitriles is 1. The van der Waals surface area contributed by atoms with E-state index >= 15 is 0 Å². The highest BCUT2D eigenvalue weighted by atomic mass is 79.9. The summed E-state index contributed by atoms with van der Waals surface area (Å²) in [5.41, 5.74) is 1.20. The Morgan fingerprint density at radius 1 is 1.27 bits per heavy atom. The Hall–Kier alpha value is -2.09. The maximum Gasteiger partial charge on any atom is 0.203 e. The molecule has 0 fully saturated rings. The Kier molecular flexibility index (Phi) is 5.37. The summed E-state index contributed by atoms with van der Waals surface area (Å²) in [4.78, 5) is 12.3. The average Bonchev–Trinajstić information content (AvgIpc) is 2.53. The number of allylic oxidation sites excluding steroid dienone is 1. The second kappa shape index (κ2) is 7.26. The summed E-state index contributed by atoms with van der Waals surface area (Å²) in [6.45, 7) is 0. The van der Waals surface area contributed by atoms with Gasteiger partial charge in [-0.05, 0) is 64.0 Å². The molecule has 2 aromatic rings. The van der Waals surface area contributed by atoms with Crippen LogP contribution in [0.15, 0.2) is 52.5 Å². The summed E-state index contributed by atoms with van der Waals surface area (Å²) in [6, 6.07) is 13.7. The van der Waals surface area contributed by atoms with Gasteiger partial charge in [-0.2, -0.15) is 5.26 Å². The van der Waals surface area contributed by atoms with E-state index in [1.807, 2.05) is 6.07 Å². The SMILES string of the molecule is COc1ccc(/C=C(\C#N)C(=O)c2ccc(Cl)cc2)cc1Br. The number of Topliss-reactive ketones (excluding diaryl/α,β-unsaturated/α-hetero) is 1. The van der Waals surface area contributed by atoms with Crippen molar-refractivity contribution in [2.45, 2.75) is 0 Å². The van der Waals surface area contributed by atoms with Crippen LogP contribution in [0.4, 0.5) is 0 Å². The van der Waals surface area contributed by atoms with E-state index in [9.17, 15) is 10.1 Å². The minimum Gasteiger partial charge on any atom is -0.496 e. The molecule has 0 saturated carbocycles. The first kappa shape index (κ1) is 16.3. The molecule has 0 spiro atoms. The first-order valence-electron chi connectivity index (χ1n) is 6.30. The van der Waals surface area contributed by atoms with Gasteiger partial charge < -0.3 is 4.74 Å². The lowest BCUT2D eigenvalue weighted by Gasteiger charge is -2.04. The van der Waals surface area contributed by atoms with Crippen molar-refractivity contribution in [1.29, 1.82) is 5.26 Å². The molecular formula is C17H11BrClNO2. The van der Waals surface area contributed by atoms with Crippen molar-refractivity contribution < 1.29 is 9.53 Å². The number of ketones is 1. The van der Waals surface area contributed by atoms with E-state index in [2.05, 4.69) is 15.9 Å². The van der Waals surface area contributed by atoms with Gasteiger partial charge in [-0.1, -0.05) is 17.7 Å². The molecule has 0 aliphatic carbocycles. The quantitative estimate of drug-likeness (QED) is 0.433. The molecule has 0 atom stereocenters. The van der Waals surface area contributed by atoms with Gasteiger partial charge in [0.05, 0.1) is 11.6 Å². The second-order valence-corrected chi connectivity index (χ2v) is 5.69. The van der Waals surface area contributed by atoms with E-state index in [1.54, 1.807) is 55.7 Å². The zero-order chi connectivity index (χ0) is 16.1. The Bertz CT molecular complexity index is 776. The summed E-state index contributed by atoms with van der Waals surface area (Å²) in [7, 11) is 1.57. The first-order valence-corrected chi connectivity index (χ1v) is 7.48. The Morgan fingerprint density at radius 3 is 2.50 bits per heavy atom. The lowest BCUT2D eigenvalue weighted by Crippen LogP contribution is -2.01. The molecule has 110 valence electrons. The third-order valence-electron chi connectivity index (χ3n) is 2.96. The topological polar surface area (TPSA) is 50.1 Å². The van der Waals surface area contributed by atoms with Crippen LogP contribution in [-0.2, 0) is 0 Å². The fourth-order valence-electron chi connectivity index (χ4n) is 1.84. The molecule has 0 radical (unpaired) electrons. The minimum atomic E-state index is -0.342. The standard InChI is InChI=1S/C17H11BrClNO2/c1-22-16-7-2-11(9-15(16)18)8-13(10-20)17(21)12-3-5-14(19)6-4-12/h2-9H,1H3/b13-8+. The van der Waals surface area contributed by atoms with Gasteiger partial charge in [0.1, 0.15) is 17.4 Å². The molecule has 22 heavy (non-hydrogen) atoms. The normalized spacial score (nSPS) is 10.9. The number of hydrogen-bond donors (Lipinski definition) is 0. The predicted octanol–water partition coefficient (Wildman–Crippen LogP) is 4.90. The summed E-state index contributed by atoms with van der Waals surface area (Å²) < 4.78 is 5.90. The van der Waals surface area contributed by atoms with Gasteiger partial charge in [-0.3, -0.25) is 4.79 Å². The first-order chi connectivity index (χ1) is 10.5. The zero-order valence-corrected chi connectivity index (χ0v) is 14.0. The predicted molar refractivity (Wildman–Crippen MR) is 90.1 cm³/mol. The van der Waals surface area contributed by atoms with E-state index in [0.29, 0.717) is 16.3 Å². The van der Waals surface area contributed by atoms with Crippen molar-refractivity contribution in [2.75, 3.05) is 7.11 Å². The van der Waals surface area contributed by atoms with Gasteiger partial charge in [0.25, 0.3) is 0 Å². The Balaban J connectivity index is 2.35. The molecule has 0 heterocycles. The van der Waals surface area contributed by atoms with Crippen LogP contribution in [-0.4, -0.2) is 12.9 Å². The molecule has 2 aromatic carbocycles. The molecule has 0 N–H and O–H groups in total. The molecule has 0 aliphatic heterocycles. The molecule has 0 amide bonds. The smallest absolute Gasteiger partial charge is 0.203 e. The number of rotatable bonds is 4. The molecular weight excluding hydrogens is 366 g/mol. The maximum atomic E-state index is 12.3. The van der Waals surface area contributed by atoms with Crippen molar-refractivity contribution in [1.82, 2.24) is 0 Å². The van der Waals surface area contributed by atoms with Crippen molar-refractivity contribution in [2.24, 2.45) is 0 Å². The van der Waals surface area contributed by atoms with Crippen LogP contribution in [0.25, 0.3) is 6.08 Å². The van der Waals surface area contributed by atoms with Gasteiger partial charge in [0.2, 0.25) is 5.78 Å². The summed E-state index contributed by atoms with van der Waals surface area (Å²) in [6.07, 6.45) is 1.54. The van der Waals surface area contributed by atoms with Crippen molar-refractivity contribution >= 4 is 39.4 Å². The van der Waals surface area contributed by atoms with Crippen molar-refractivity contribution in [3.8, 4) is 11.8 Å². The zero-order valence-electron chi connectivity index (χ0n) is 11.6. The second-order valence-electron chi connectivity index (χ2n) is 4.40. The van der Waals surface area contributed by atoms with E-state index in [4.69, 9.17) is 16.3 Å². The third-order valence-corrected chi connectivity index (χ3v) is 3.83. The molecule has 3 nitrogen and oxygen atoms in total. The van der Waals surface area contributed by atoms with Crippen molar-refractivity contribution in [3.05, 3.63) is 68.7 Å². The monoisotopic (exact) mass is 375 g/mol. The fourth-order valence-corrected chi connectivity index (χ4v) is 2.53. The molecule has 0 aromatic heterocycles. The van der Waals surface area contributed by atoms with Gasteiger partial charge in [-0.15, -0.1) is 0 Å². The van der Waals surface area contributed by atoms with Gasteiger partial charge >= 0.3 is 0 Å². The van der Waals surface area contributed by atoms with Crippen LogP contribution >= 0.6 is 27.5 Å². The summed E-state index contributed by atoms with van der Waals surface area (Å²) >= 11 is 9.17. The van der Waals surface area contributed by atoms with Gasteiger partial charge in [0, 0.05) is 10.6 Å². The van der Waals surface area contributed by atoms with E-state index in [0.717, 1.165) is 10.0 Å². The highest BCUT2D eigenvalue weighted by Crippen LogP contribution is 2.26. The summed E-state index contributed by atoms with van der Waals surface area (Å²) in [5, 5.41) is 9.78. The summed E-state index contributed by atoms with van der Waals surface area (Å²) in [5.74, 6) is 0.339. The molecule has 0 bridgehead atoms. The molecule has 0 unspecified atom stereocenters. The van der Waals surface area contributed by atoms with E-state index < -0.39 is 0 Å². The largest absolute Gasteiger partial charge is 0.496 e. The molecule has 2 rings (SSSR count). The highest BCUT2D eigenvalue weighted by Gasteiger charge is 2.12. The maximum absolute atomic E-state index is 12.3. The number of nitrogens with zero attached hydrogens (tertiary/aromatic N) is 1. The Morgan fingerprint density at radius 2 is 1.95 bits per heavy atom. The average molecular weight is 377 g/mol. The fraction of sp³-hybridized carbons (Fsp3) is 0.0588. The van der Waals surface area contributed by atoms with Crippen molar-refractivity contribution in [3.63, 3.8) is 0 Å². The lowest BCUT2D eigenvalue weighted by atomic mass is 10.0. The van der Waals surface area contributed by atoms with E-state index in [1.165, 1.54) is 0 Å². The number of benzene rings is 2. The third kappa shape index (κ3) is 3.76. The molecule has 0 saturated heterocycles. The number of carbonyl (C=O) groups excluding carboxylic acids is 1. The number of hydrogen-bond acceptors (Lipinski definition) is 3. The van der Waals surface area contributed by atoms with Crippen LogP contribution in [0.1, 0.15) is 15.9 Å². The van der Waals surface area contributed by atoms with Gasteiger partial charge in [0.15, 0.2) is 0 Å². The number of halogens is 2. The van der Waals surface area contributed by atoms with Crippen LogP contribution in [0.3, 0.4) is 0 Å². The van der Waals surface area contributed by atoms with Crippen LogP contribution < -0.4 is 4.74 Å².